The van der Waals surface area contributed by atoms with E-state index in [0.717, 1.165) is 18.4 Å². The molecule has 0 heterocycles. The molecule has 4 nitrogen and oxygen atoms in total. The molecule has 0 saturated heterocycles. The van der Waals surface area contributed by atoms with Gasteiger partial charge in [-0.3, -0.25) is 4.79 Å². The summed E-state index contributed by atoms with van der Waals surface area (Å²) in [5.41, 5.74) is 0.956. The van der Waals surface area contributed by atoms with Crippen LogP contribution < -0.4 is 0 Å². The number of hydrogen-bond acceptors (Lipinski definition) is 1. The first-order valence-electron chi connectivity index (χ1n) is 3.78. The van der Waals surface area contributed by atoms with Crippen molar-refractivity contribution in [2.45, 2.75) is 19.8 Å². The number of carbonyl (C=O) groups excluding carboxylic acids is 1. The van der Waals surface area contributed by atoms with E-state index in [2.05, 4.69) is 26.0 Å². The fourth-order valence-corrected chi connectivity index (χ4v) is 0.896. The molecule has 0 aromatic heterocycles. The molecule has 0 aliphatic heterocycles. The van der Waals surface area contributed by atoms with Crippen molar-refractivity contribution >= 4 is 5.78 Å². The van der Waals surface area contributed by atoms with Crippen LogP contribution in [0.5, 0.6) is 0 Å². The molecule has 0 saturated carbocycles. The number of rotatable bonds is 1. The van der Waals surface area contributed by atoms with Crippen molar-refractivity contribution in [3.63, 3.8) is 0 Å². The van der Waals surface area contributed by atoms with Gasteiger partial charge in [0.2, 0.25) is 0 Å². The first-order chi connectivity index (χ1) is 7.30. The Morgan fingerprint density at radius 3 is 1.81 bits per heavy atom. The molecule has 0 spiro atoms. The van der Waals surface area contributed by atoms with Crippen LogP contribution in [0.2, 0.25) is 0 Å². The van der Waals surface area contributed by atoms with Gasteiger partial charge in [0.15, 0.2) is 5.78 Å². The summed E-state index contributed by atoms with van der Waals surface area (Å²) >= 11 is 0. The van der Waals surface area contributed by atoms with Gasteiger partial charge in [-0.1, -0.05) is 18.2 Å². The zero-order chi connectivity index (χ0) is 12.7. The van der Waals surface area contributed by atoms with Crippen molar-refractivity contribution in [3.05, 3.63) is 43.8 Å². The summed E-state index contributed by atoms with van der Waals surface area (Å²) in [7, 11) is 0. The van der Waals surface area contributed by atoms with Crippen molar-refractivity contribution in [2.75, 3.05) is 0 Å². The van der Waals surface area contributed by atoms with Crippen LogP contribution in [0.3, 0.4) is 0 Å². The Balaban J connectivity index is -0.0000000900. The quantitative estimate of drug-likeness (QED) is 0.402. The molecule has 0 fully saturated rings. The van der Waals surface area contributed by atoms with E-state index in [0.29, 0.717) is 0 Å². The molecular formula is C11H10FeO4. The minimum atomic E-state index is 0. The molecule has 1 rings (SSSR count). The van der Waals surface area contributed by atoms with Crippen molar-refractivity contribution in [2.24, 2.45) is 0 Å². The molecule has 0 atom stereocenters. The zero-order valence-electron chi connectivity index (χ0n) is 8.63. The molecule has 0 aromatic rings. The van der Waals surface area contributed by atoms with Gasteiger partial charge in [-0.25, -0.2) is 0 Å². The van der Waals surface area contributed by atoms with E-state index in [1.54, 1.807) is 6.92 Å². The van der Waals surface area contributed by atoms with E-state index in [-0.39, 0.29) is 22.9 Å². The topological polar surface area (TPSA) is 76.8 Å². The summed E-state index contributed by atoms with van der Waals surface area (Å²) in [6, 6.07) is 0. The van der Waals surface area contributed by atoms with Crippen LogP contribution in [-0.4, -0.2) is 5.78 Å². The smallest absolute Gasteiger partial charge is 0 e. The van der Waals surface area contributed by atoms with Gasteiger partial charge in [-0.2, -0.15) is 0 Å². The first kappa shape index (κ1) is 24.2. The largest absolute Gasteiger partial charge is 0 e. The second kappa shape index (κ2) is 23.6. The average molecular weight is 262 g/mol. The van der Waals surface area contributed by atoms with Crippen molar-refractivity contribution < 1.29 is 35.8 Å². The standard InChI is InChI=1S/C8H10O.3CO.Fe/c1-7(9)8-5-3-2-4-6-8;3*1-2;/h2-3,5H,4,6H2,1H3;;;;. The van der Waals surface area contributed by atoms with Gasteiger partial charge in [-0.15, -0.1) is 0 Å². The maximum absolute atomic E-state index is 10.7. The van der Waals surface area contributed by atoms with Gasteiger partial charge in [0.1, 0.15) is 0 Å². The van der Waals surface area contributed by atoms with E-state index in [9.17, 15) is 4.79 Å². The molecule has 16 heavy (non-hydrogen) atoms. The summed E-state index contributed by atoms with van der Waals surface area (Å²) in [5, 5.41) is 0. The predicted octanol–water partition coefficient (Wildman–Crippen LogP) is 1.74. The second-order valence-electron chi connectivity index (χ2n) is 2.21. The van der Waals surface area contributed by atoms with Crippen molar-refractivity contribution in [1.82, 2.24) is 0 Å². The van der Waals surface area contributed by atoms with Gasteiger partial charge < -0.3 is 0 Å². The summed E-state index contributed by atoms with van der Waals surface area (Å²) in [4.78, 5) is 10.7. The SMILES string of the molecule is CC(=O)C1=CC=CCC1.[C-]#[O+].[C-]#[O+].[C-]#[O+].[Fe]. The number of allylic oxidation sites excluding steroid dienone is 4. The van der Waals surface area contributed by atoms with Gasteiger partial charge in [0, 0.05) is 17.1 Å². The molecule has 5 heteroatoms. The fraction of sp³-hybridized carbons (Fsp3) is 0.273. The Hall–Kier alpha value is -1.11. The molecule has 0 aromatic carbocycles. The normalized spacial score (nSPS) is 10.1. The minimum absolute atomic E-state index is 0. The van der Waals surface area contributed by atoms with E-state index in [1.165, 1.54) is 0 Å². The maximum atomic E-state index is 10.7. The minimum Gasteiger partial charge on any atom is 0 e. The molecule has 86 valence electrons. The van der Waals surface area contributed by atoms with E-state index in [4.69, 9.17) is 14.0 Å². The van der Waals surface area contributed by atoms with Crippen LogP contribution in [0.15, 0.2) is 23.8 Å². The van der Waals surface area contributed by atoms with E-state index in [1.807, 2.05) is 12.2 Å². The summed E-state index contributed by atoms with van der Waals surface area (Å²) < 4.78 is 22.5. The number of Topliss-reactive ketones (excluding diaryl/α,β-unsaturated/α-hetero) is 1. The maximum Gasteiger partial charge on any atom is 0 e. The number of carbonyl (C=O) groups is 1. The van der Waals surface area contributed by atoms with E-state index < -0.39 is 0 Å². The Morgan fingerprint density at radius 2 is 1.62 bits per heavy atom. The van der Waals surface area contributed by atoms with Crippen LogP contribution >= 0.6 is 0 Å². The van der Waals surface area contributed by atoms with Crippen molar-refractivity contribution in [3.8, 4) is 0 Å². The molecule has 0 unspecified atom stereocenters. The van der Waals surface area contributed by atoms with Crippen LogP contribution in [-0.2, 0) is 35.8 Å². The molecule has 1 aliphatic carbocycles. The molecule has 1 aliphatic rings. The first-order valence-corrected chi connectivity index (χ1v) is 3.78. The predicted molar refractivity (Wildman–Crippen MR) is 48.9 cm³/mol. The zero-order valence-corrected chi connectivity index (χ0v) is 9.74. The molecule has 0 N–H and O–H groups in total. The fourth-order valence-electron chi connectivity index (χ4n) is 0.896. The molecule has 0 bridgehead atoms. The molecule has 0 radical (unpaired) electrons. The van der Waals surface area contributed by atoms with Crippen molar-refractivity contribution in [1.29, 1.82) is 0 Å². The third-order valence-electron chi connectivity index (χ3n) is 1.47. The molecule has 0 amide bonds. The summed E-state index contributed by atoms with van der Waals surface area (Å²) in [6.45, 7) is 15.1. The Kier molecular flexibility index (Phi) is 35.7. The van der Waals surface area contributed by atoms with Gasteiger partial charge in [0.05, 0.1) is 0 Å². The van der Waals surface area contributed by atoms with Gasteiger partial charge >= 0.3 is 33.9 Å². The summed E-state index contributed by atoms with van der Waals surface area (Å²) in [6.07, 6.45) is 7.86. The third kappa shape index (κ3) is 15.4. The Bertz CT molecular complexity index is 270. The monoisotopic (exact) mass is 262 g/mol. The number of hydrogen-bond donors (Lipinski definition) is 0. The van der Waals surface area contributed by atoms with Crippen LogP contribution in [0, 0.1) is 20.0 Å². The second-order valence-corrected chi connectivity index (χ2v) is 2.21. The molecular weight excluding hydrogens is 252 g/mol. The number of ketones is 1. The van der Waals surface area contributed by atoms with Gasteiger partial charge in [-0.05, 0) is 25.3 Å². The Morgan fingerprint density at radius 1 is 1.19 bits per heavy atom. The van der Waals surface area contributed by atoms with Crippen LogP contribution in [0.4, 0.5) is 0 Å². The third-order valence-corrected chi connectivity index (χ3v) is 1.47. The summed E-state index contributed by atoms with van der Waals surface area (Å²) in [5.74, 6) is 0.208. The van der Waals surface area contributed by atoms with E-state index >= 15 is 0 Å². The average Bonchev–Trinajstić information content (AvgIpc) is 2.38. The van der Waals surface area contributed by atoms with Crippen LogP contribution in [0.25, 0.3) is 0 Å². The Labute approximate surface area is 105 Å². The van der Waals surface area contributed by atoms with Crippen LogP contribution in [0.1, 0.15) is 19.8 Å². The van der Waals surface area contributed by atoms with Gasteiger partial charge in [0.25, 0.3) is 0 Å².